The van der Waals surface area contributed by atoms with Gasteiger partial charge in [-0.15, -0.1) is 0 Å². The van der Waals surface area contributed by atoms with E-state index in [1.807, 2.05) is 6.92 Å². The fourth-order valence-corrected chi connectivity index (χ4v) is 4.05. The molecule has 2 aliphatic heterocycles. The van der Waals surface area contributed by atoms with Crippen LogP contribution in [0.1, 0.15) is 31.0 Å². The highest BCUT2D eigenvalue weighted by Gasteiger charge is 2.34. The van der Waals surface area contributed by atoms with Gasteiger partial charge in [0.05, 0.1) is 17.1 Å². The topological polar surface area (TPSA) is 94.3 Å². The van der Waals surface area contributed by atoms with E-state index in [4.69, 9.17) is 9.26 Å². The number of aromatic nitrogens is 2. The Balaban J connectivity index is 1.60. The molecule has 19 heavy (non-hydrogen) atoms. The van der Waals surface area contributed by atoms with Crippen LogP contribution in [-0.4, -0.2) is 48.8 Å². The molecule has 1 aromatic rings. The first-order valence-electron chi connectivity index (χ1n) is 6.33. The summed E-state index contributed by atoms with van der Waals surface area (Å²) in [6.07, 6.45) is 0.573. The normalized spacial score (nSPS) is 28.2. The van der Waals surface area contributed by atoms with Crippen molar-refractivity contribution < 1.29 is 17.7 Å². The smallest absolute Gasteiger partial charge is 0.252 e. The second-order valence-electron chi connectivity index (χ2n) is 5.49. The lowest BCUT2D eigenvalue weighted by Gasteiger charge is -2.38. The lowest BCUT2D eigenvalue weighted by Crippen LogP contribution is -2.58. The Morgan fingerprint density at radius 3 is 2.89 bits per heavy atom. The largest absolute Gasteiger partial charge is 0.363 e. The predicted octanol–water partition coefficient (Wildman–Crippen LogP) is -0.150. The monoisotopic (exact) mass is 287 g/mol. The number of hydrogen-bond acceptors (Lipinski definition) is 7. The molecular weight excluding hydrogens is 270 g/mol. The molecule has 2 aliphatic rings. The molecule has 0 radical (unpaired) electrons. The molecular formula is C11H17N3O4S. The molecule has 8 heteroatoms. The minimum Gasteiger partial charge on any atom is -0.363 e. The molecule has 0 amide bonds. The molecule has 0 saturated carbocycles. The van der Waals surface area contributed by atoms with Crippen molar-refractivity contribution in [3.05, 3.63) is 11.7 Å². The number of ether oxygens (including phenoxy) is 1. The van der Waals surface area contributed by atoms with E-state index in [1.165, 1.54) is 0 Å². The number of rotatable bonds is 4. The van der Waals surface area contributed by atoms with Crippen molar-refractivity contribution in [2.45, 2.75) is 31.5 Å². The van der Waals surface area contributed by atoms with E-state index in [1.54, 1.807) is 0 Å². The summed E-state index contributed by atoms with van der Waals surface area (Å²) in [5.74, 6) is 1.09. The minimum absolute atomic E-state index is 0.120. The van der Waals surface area contributed by atoms with Crippen molar-refractivity contribution >= 4 is 9.84 Å². The van der Waals surface area contributed by atoms with Crippen LogP contribution >= 0.6 is 0 Å². The summed E-state index contributed by atoms with van der Waals surface area (Å²) in [5.41, 5.74) is -0.161. The molecule has 1 atom stereocenters. The summed E-state index contributed by atoms with van der Waals surface area (Å²) in [5, 5.41) is 7.00. The van der Waals surface area contributed by atoms with Crippen molar-refractivity contribution in [1.82, 2.24) is 15.5 Å². The van der Waals surface area contributed by atoms with Gasteiger partial charge >= 0.3 is 0 Å². The van der Waals surface area contributed by atoms with Crippen LogP contribution in [-0.2, 0) is 21.2 Å². The fraction of sp³-hybridized carbons (Fsp3) is 0.818. The van der Waals surface area contributed by atoms with Crippen LogP contribution in [0.4, 0.5) is 0 Å². The zero-order valence-electron chi connectivity index (χ0n) is 10.8. The molecule has 3 heterocycles. The van der Waals surface area contributed by atoms with Gasteiger partial charge in [0, 0.05) is 19.0 Å². The van der Waals surface area contributed by atoms with Crippen molar-refractivity contribution in [2.24, 2.45) is 0 Å². The second-order valence-corrected chi connectivity index (χ2v) is 7.72. The molecule has 0 aliphatic carbocycles. The Morgan fingerprint density at radius 1 is 1.53 bits per heavy atom. The standard InChI is InChI=1S/C11H17N3O4S/c1-11(6-12-7-11)17-4-9-13-10(14-18-9)8-2-3-19(15,16)5-8/h8,12H,2-7H2,1H3. The summed E-state index contributed by atoms with van der Waals surface area (Å²) < 4.78 is 33.6. The molecule has 1 aromatic heterocycles. The lowest BCUT2D eigenvalue weighted by molar-refractivity contribution is -0.0841. The molecule has 2 saturated heterocycles. The van der Waals surface area contributed by atoms with Crippen molar-refractivity contribution in [1.29, 1.82) is 0 Å². The highest BCUT2D eigenvalue weighted by atomic mass is 32.2. The van der Waals surface area contributed by atoms with E-state index >= 15 is 0 Å². The maximum atomic E-state index is 11.4. The van der Waals surface area contributed by atoms with Crippen LogP contribution in [0.5, 0.6) is 0 Å². The summed E-state index contributed by atoms with van der Waals surface area (Å²) in [4.78, 5) is 4.23. The third-order valence-electron chi connectivity index (χ3n) is 3.62. The lowest BCUT2D eigenvalue weighted by atomic mass is 10.0. The molecule has 106 valence electrons. The summed E-state index contributed by atoms with van der Waals surface area (Å²) >= 11 is 0. The van der Waals surface area contributed by atoms with Crippen LogP contribution in [0, 0.1) is 0 Å². The van der Waals surface area contributed by atoms with Crippen LogP contribution < -0.4 is 5.32 Å². The number of nitrogens with zero attached hydrogens (tertiary/aromatic N) is 2. The van der Waals surface area contributed by atoms with Gasteiger partial charge in [0.25, 0.3) is 5.89 Å². The van der Waals surface area contributed by atoms with Crippen molar-refractivity contribution in [2.75, 3.05) is 24.6 Å². The fourth-order valence-electron chi connectivity index (χ4n) is 2.31. The van der Waals surface area contributed by atoms with Gasteiger partial charge in [0.15, 0.2) is 15.7 Å². The van der Waals surface area contributed by atoms with Crippen molar-refractivity contribution in [3.8, 4) is 0 Å². The zero-order chi connectivity index (χ0) is 13.5. The number of sulfone groups is 1. The molecule has 1 unspecified atom stereocenters. The highest BCUT2D eigenvalue weighted by Crippen LogP contribution is 2.27. The zero-order valence-corrected chi connectivity index (χ0v) is 11.6. The maximum Gasteiger partial charge on any atom is 0.252 e. The number of nitrogens with one attached hydrogen (secondary N) is 1. The van der Waals surface area contributed by atoms with Crippen molar-refractivity contribution in [3.63, 3.8) is 0 Å². The third-order valence-corrected chi connectivity index (χ3v) is 5.39. The summed E-state index contributed by atoms with van der Waals surface area (Å²) in [6.45, 7) is 3.92. The van der Waals surface area contributed by atoms with Crippen LogP contribution in [0.3, 0.4) is 0 Å². The Bertz CT molecular complexity index is 564. The van der Waals surface area contributed by atoms with Gasteiger partial charge in [-0.3, -0.25) is 0 Å². The Kier molecular flexibility index (Phi) is 3.11. The molecule has 1 N–H and O–H groups in total. The molecule has 0 bridgehead atoms. The SMILES string of the molecule is CC1(OCc2nc(C3CCS(=O)(=O)C3)no2)CNC1. The molecule has 0 aromatic carbocycles. The Morgan fingerprint density at radius 2 is 2.32 bits per heavy atom. The van der Waals surface area contributed by atoms with Gasteiger partial charge < -0.3 is 14.6 Å². The quantitative estimate of drug-likeness (QED) is 0.823. The first-order chi connectivity index (χ1) is 8.96. The van der Waals surface area contributed by atoms with Gasteiger partial charge in [0.2, 0.25) is 0 Å². The minimum atomic E-state index is -2.93. The van der Waals surface area contributed by atoms with E-state index < -0.39 is 9.84 Å². The second kappa shape index (κ2) is 4.53. The first-order valence-corrected chi connectivity index (χ1v) is 8.16. The van der Waals surface area contributed by atoms with Crippen LogP contribution in [0.2, 0.25) is 0 Å². The number of hydrogen-bond donors (Lipinski definition) is 1. The molecule has 7 nitrogen and oxygen atoms in total. The van der Waals surface area contributed by atoms with E-state index in [0.29, 0.717) is 18.1 Å². The third kappa shape index (κ3) is 2.80. The first kappa shape index (κ1) is 13.0. The molecule has 2 fully saturated rings. The van der Waals surface area contributed by atoms with E-state index in [9.17, 15) is 8.42 Å². The molecule has 0 spiro atoms. The van der Waals surface area contributed by atoms with Gasteiger partial charge in [-0.25, -0.2) is 8.42 Å². The maximum absolute atomic E-state index is 11.4. The van der Waals surface area contributed by atoms with E-state index in [2.05, 4.69) is 15.5 Å². The van der Waals surface area contributed by atoms with Gasteiger partial charge in [-0.1, -0.05) is 5.16 Å². The van der Waals surface area contributed by atoms with E-state index in [0.717, 1.165) is 13.1 Å². The summed E-state index contributed by atoms with van der Waals surface area (Å²) in [6, 6.07) is 0. The average molecular weight is 287 g/mol. The summed E-state index contributed by atoms with van der Waals surface area (Å²) in [7, 11) is -2.93. The Labute approximate surface area is 111 Å². The van der Waals surface area contributed by atoms with E-state index in [-0.39, 0.29) is 29.6 Å². The van der Waals surface area contributed by atoms with Gasteiger partial charge in [0.1, 0.15) is 6.61 Å². The van der Waals surface area contributed by atoms with Crippen LogP contribution in [0.25, 0.3) is 0 Å². The van der Waals surface area contributed by atoms with Crippen LogP contribution in [0.15, 0.2) is 4.52 Å². The average Bonchev–Trinajstić information content (AvgIpc) is 2.90. The molecule has 3 rings (SSSR count). The van der Waals surface area contributed by atoms with Gasteiger partial charge in [-0.2, -0.15) is 4.98 Å². The van der Waals surface area contributed by atoms with Gasteiger partial charge in [-0.05, 0) is 13.3 Å². The Hall–Kier alpha value is -0.990. The highest BCUT2D eigenvalue weighted by molar-refractivity contribution is 7.91. The predicted molar refractivity (Wildman–Crippen MR) is 66.4 cm³/mol.